The van der Waals surface area contributed by atoms with Crippen LogP contribution in [-0.4, -0.2) is 7.85 Å². The molecule has 0 bridgehead atoms. The smallest absolute Gasteiger partial charge is 0.0755 e. The molecule has 1 rings (SSSR count). The molecule has 2 radical (unpaired) electrons. The molecule has 0 aromatic carbocycles. The van der Waals surface area contributed by atoms with Crippen molar-refractivity contribution in [3.05, 3.63) is 22.2 Å². The molecule has 0 spiro atoms. The molecule has 1 aliphatic rings. The Kier molecular flexibility index (Phi) is 2.17. The third-order valence-electron chi connectivity index (χ3n) is 1.32. The van der Waals surface area contributed by atoms with Crippen LogP contribution in [0.4, 0.5) is 0 Å². The Bertz CT molecular complexity index is 170. The lowest BCUT2D eigenvalue weighted by Crippen LogP contribution is -1.94. The highest BCUT2D eigenvalue weighted by molar-refractivity contribution is 9.11. The van der Waals surface area contributed by atoms with Crippen LogP contribution < -0.4 is 0 Å². The molecular formula is C7H8BBr. The Hall–Kier alpha value is 0.0249. The van der Waals surface area contributed by atoms with E-state index in [-0.39, 0.29) is 5.82 Å². The highest BCUT2D eigenvalue weighted by Gasteiger charge is 2.04. The maximum Gasteiger partial charge on any atom is 0.0760 e. The van der Waals surface area contributed by atoms with Crippen LogP contribution in [0.3, 0.4) is 0 Å². The predicted molar refractivity (Wildman–Crippen MR) is 44.9 cm³/mol. The van der Waals surface area contributed by atoms with Crippen molar-refractivity contribution in [2.45, 2.75) is 19.2 Å². The second kappa shape index (κ2) is 2.74. The Morgan fingerprint density at radius 3 is 2.89 bits per heavy atom. The van der Waals surface area contributed by atoms with Gasteiger partial charge in [-0.15, -0.1) is 0 Å². The molecule has 46 valence electrons. The predicted octanol–water partition coefficient (Wildman–Crippen LogP) is 2.57. The fraction of sp³-hybridized carbons (Fsp3) is 0.429. The molecule has 0 fully saturated rings. The summed E-state index contributed by atoms with van der Waals surface area (Å²) in [6.45, 7) is 2.09. The van der Waals surface area contributed by atoms with E-state index in [1.807, 2.05) is 6.08 Å². The van der Waals surface area contributed by atoms with Gasteiger partial charge in [-0.05, 0) is 19.4 Å². The molecule has 0 aromatic heterocycles. The second-order valence-electron chi connectivity index (χ2n) is 2.41. The van der Waals surface area contributed by atoms with Crippen molar-refractivity contribution < 1.29 is 0 Å². The van der Waals surface area contributed by atoms with Crippen LogP contribution in [0.2, 0.25) is 5.82 Å². The SMILES string of the molecule is [B]C1C=C(Br)C=C(C)C1. The fourth-order valence-electron chi connectivity index (χ4n) is 0.978. The molecule has 1 atom stereocenters. The lowest BCUT2D eigenvalue weighted by molar-refractivity contribution is 0.954. The van der Waals surface area contributed by atoms with Gasteiger partial charge < -0.3 is 0 Å². The minimum Gasteiger partial charge on any atom is -0.0755 e. The summed E-state index contributed by atoms with van der Waals surface area (Å²) in [5.74, 6) is 0.212. The maximum absolute atomic E-state index is 5.67. The standard InChI is InChI=1S/C7H8BBr/c1-5-2-6(8)4-7(9)3-5/h3-4,6H,2H2,1H3. The summed E-state index contributed by atoms with van der Waals surface area (Å²) in [6, 6.07) is 0. The average molecular weight is 183 g/mol. The van der Waals surface area contributed by atoms with Gasteiger partial charge in [0.2, 0.25) is 0 Å². The van der Waals surface area contributed by atoms with E-state index < -0.39 is 0 Å². The Morgan fingerprint density at radius 1 is 1.78 bits per heavy atom. The van der Waals surface area contributed by atoms with Gasteiger partial charge in [0.1, 0.15) is 0 Å². The third-order valence-corrected chi connectivity index (χ3v) is 1.81. The zero-order valence-electron chi connectivity index (χ0n) is 5.39. The number of rotatable bonds is 0. The van der Waals surface area contributed by atoms with Crippen molar-refractivity contribution in [2.75, 3.05) is 0 Å². The van der Waals surface area contributed by atoms with Gasteiger partial charge in [-0.2, -0.15) is 0 Å². The number of hydrogen-bond donors (Lipinski definition) is 0. The summed E-state index contributed by atoms with van der Waals surface area (Å²) in [7, 11) is 5.67. The molecule has 9 heavy (non-hydrogen) atoms. The largest absolute Gasteiger partial charge is 0.0760 e. The van der Waals surface area contributed by atoms with E-state index in [1.165, 1.54) is 5.57 Å². The number of allylic oxidation sites excluding steroid dienone is 4. The second-order valence-corrected chi connectivity index (χ2v) is 3.33. The van der Waals surface area contributed by atoms with E-state index in [9.17, 15) is 0 Å². The first-order valence-electron chi connectivity index (χ1n) is 2.98. The van der Waals surface area contributed by atoms with Gasteiger partial charge in [0.05, 0.1) is 7.85 Å². The highest BCUT2D eigenvalue weighted by Crippen LogP contribution is 2.26. The molecule has 2 heteroatoms. The van der Waals surface area contributed by atoms with E-state index in [0.29, 0.717) is 0 Å². The normalized spacial score (nSPS) is 27.1. The van der Waals surface area contributed by atoms with Crippen molar-refractivity contribution in [1.82, 2.24) is 0 Å². The third kappa shape index (κ3) is 2.01. The Morgan fingerprint density at radius 2 is 2.44 bits per heavy atom. The first-order chi connectivity index (χ1) is 4.18. The minimum atomic E-state index is 0.212. The van der Waals surface area contributed by atoms with Crippen LogP contribution in [0, 0.1) is 0 Å². The molecule has 1 unspecified atom stereocenters. The lowest BCUT2D eigenvalue weighted by atomic mass is 9.80. The van der Waals surface area contributed by atoms with Gasteiger partial charge in [0, 0.05) is 4.48 Å². The number of halogens is 1. The fourth-order valence-corrected chi connectivity index (χ4v) is 1.71. The summed E-state index contributed by atoms with van der Waals surface area (Å²) in [5, 5.41) is 0. The molecule has 0 amide bonds. The molecule has 0 heterocycles. The summed E-state index contributed by atoms with van der Waals surface area (Å²) in [4.78, 5) is 0. The van der Waals surface area contributed by atoms with Crippen molar-refractivity contribution in [3.8, 4) is 0 Å². The summed E-state index contributed by atoms with van der Waals surface area (Å²) in [5.41, 5.74) is 1.34. The first kappa shape index (κ1) is 7.14. The van der Waals surface area contributed by atoms with Gasteiger partial charge in [-0.25, -0.2) is 0 Å². The Balaban J connectivity index is 2.74. The Labute approximate surface area is 65.6 Å². The minimum absolute atomic E-state index is 0.212. The molecule has 0 N–H and O–H groups in total. The van der Waals surface area contributed by atoms with E-state index in [4.69, 9.17) is 7.85 Å². The molecule has 0 saturated heterocycles. The topological polar surface area (TPSA) is 0 Å². The highest BCUT2D eigenvalue weighted by atomic mass is 79.9. The quantitative estimate of drug-likeness (QED) is 0.506. The average Bonchev–Trinajstić information content (AvgIpc) is 1.59. The van der Waals surface area contributed by atoms with Crippen molar-refractivity contribution in [1.29, 1.82) is 0 Å². The van der Waals surface area contributed by atoms with Crippen LogP contribution in [0.25, 0.3) is 0 Å². The first-order valence-corrected chi connectivity index (χ1v) is 3.78. The van der Waals surface area contributed by atoms with Gasteiger partial charge in [0.25, 0.3) is 0 Å². The molecule has 0 saturated carbocycles. The van der Waals surface area contributed by atoms with Crippen molar-refractivity contribution in [2.24, 2.45) is 0 Å². The molecule has 0 aliphatic heterocycles. The number of hydrogen-bond acceptors (Lipinski definition) is 0. The van der Waals surface area contributed by atoms with Crippen LogP contribution in [0.5, 0.6) is 0 Å². The van der Waals surface area contributed by atoms with Crippen LogP contribution >= 0.6 is 15.9 Å². The van der Waals surface area contributed by atoms with Gasteiger partial charge in [-0.1, -0.05) is 33.4 Å². The van der Waals surface area contributed by atoms with Crippen LogP contribution in [-0.2, 0) is 0 Å². The lowest BCUT2D eigenvalue weighted by Gasteiger charge is -2.12. The monoisotopic (exact) mass is 182 g/mol. The van der Waals surface area contributed by atoms with E-state index in [2.05, 4.69) is 28.9 Å². The van der Waals surface area contributed by atoms with Gasteiger partial charge in [0.15, 0.2) is 0 Å². The molecule has 0 aromatic rings. The summed E-state index contributed by atoms with van der Waals surface area (Å²) < 4.78 is 1.11. The van der Waals surface area contributed by atoms with Crippen LogP contribution in [0.1, 0.15) is 13.3 Å². The van der Waals surface area contributed by atoms with Gasteiger partial charge in [-0.3, -0.25) is 0 Å². The maximum atomic E-state index is 5.67. The zero-order valence-corrected chi connectivity index (χ0v) is 6.98. The molecular weight excluding hydrogens is 175 g/mol. The molecule has 1 aliphatic carbocycles. The van der Waals surface area contributed by atoms with E-state index in [0.717, 1.165) is 10.9 Å². The summed E-state index contributed by atoms with van der Waals surface area (Å²) in [6.07, 6.45) is 5.12. The van der Waals surface area contributed by atoms with Crippen molar-refractivity contribution >= 4 is 23.8 Å². The zero-order chi connectivity index (χ0) is 6.85. The summed E-state index contributed by atoms with van der Waals surface area (Å²) >= 11 is 3.37. The van der Waals surface area contributed by atoms with Crippen molar-refractivity contribution in [3.63, 3.8) is 0 Å². The van der Waals surface area contributed by atoms with Crippen LogP contribution in [0.15, 0.2) is 22.2 Å². The van der Waals surface area contributed by atoms with E-state index in [1.54, 1.807) is 0 Å². The molecule has 0 nitrogen and oxygen atoms in total. The van der Waals surface area contributed by atoms with Gasteiger partial charge >= 0.3 is 0 Å². The van der Waals surface area contributed by atoms with E-state index >= 15 is 0 Å².